The van der Waals surface area contributed by atoms with Gasteiger partial charge in [-0.3, -0.25) is 9.48 Å². The van der Waals surface area contributed by atoms with Gasteiger partial charge in [0.25, 0.3) is 5.91 Å². The second-order valence-corrected chi connectivity index (χ2v) is 7.86. The third kappa shape index (κ3) is 4.62. The Kier molecular flexibility index (Phi) is 5.76. The largest absolute Gasteiger partial charge is 0.467 e. The number of furan rings is 2. The quantitative estimate of drug-likeness (QED) is 0.330. The molecule has 0 fully saturated rings. The van der Waals surface area contributed by atoms with E-state index >= 15 is 0 Å². The van der Waals surface area contributed by atoms with E-state index in [9.17, 15) is 9.59 Å². The van der Waals surface area contributed by atoms with Crippen LogP contribution in [0.3, 0.4) is 0 Å². The van der Waals surface area contributed by atoms with Crippen molar-refractivity contribution in [2.75, 3.05) is 10.6 Å². The van der Waals surface area contributed by atoms with Gasteiger partial charge in [-0.05, 0) is 61.5 Å². The molecular weight excluding hydrogens is 448 g/mol. The highest BCUT2D eigenvalue weighted by atomic mass is 16.3. The van der Waals surface area contributed by atoms with Gasteiger partial charge >= 0.3 is 6.03 Å². The van der Waals surface area contributed by atoms with Gasteiger partial charge in [-0.15, -0.1) is 0 Å². The molecule has 0 saturated heterocycles. The second-order valence-electron chi connectivity index (χ2n) is 7.86. The first-order valence-electron chi connectivity index (χ1n) is 10.8. The monoisotopic (exact) mass is 470 g/mol. The molecule has 3 N–H and O–H groups in total. The number of urea groups is 1. The zero-order valence-electron chi connectivity index (χ0n) is 19.0. The van der Waals surface area contributed by atoms with E-state index in [0.29, 0.717) is 50.9 Å². The molecule has 35 heavy (non-hydrogen) atoms. The summed E-state index contributed by atoms with van der Waals surface area (Å²) in [6.07, 6.45) is 3.11. The number of nitrogens with one attached hydrogen (secondary N) is 3. The predicted molar refractivity (Wildman–Crippen MR) is 130 cm³/mol. The van der Waals surface area contributed by atoms with Crippen molar-refractivity contribution in [3.8, 4) is 11.5 Å². The van der Waals surface area contributed by atoms with E-state index in [1.54, 1.807) is 78.9 Å². The van der Waals surface area contributed by atoms with Crippen molar-refractivity contribution in [2.24, 2.45) is 7.05 Å². The summed E-state index contributed by atoms with van der Waals surface area (Å²) in [4.78, 5) is 30.0. The maximum absolute atomic E-state index is 13.3. The molecule has 0 radical (unpaired) electrons. The minimum absolute atomic E-state index is 0.279. The Balaban J connectivity index is 1.32. The predicted octanol–water partition coefficient (Wildman–Crippen LogP) is 4.70. The fourth-order valence-electron chi connectivity index (χ4n) is 3.77. The number of carbonyl (C=O) groups is 2. The van der Waals surface area contributed by atoms with Gasteiger partial charge in [0.2, 0.25) is 0 Å². The first kappa shape index (κ1) is 22.0. The van der Waals surface area contributed by atoms with E-state index < -0.39 is 0 Å². The van der Waals surface area contributed by atoms with Crippen molar-refractivity contribution in [2.45, 2.75) is 13.5 Å². The van der Waals surface area contributed by atoms with Crippen LogP contribution in [-0.2, 0) is 13.6 Å². The van der Waals surface area contributed by atoms with Crippen molar-refractivity contribution in [1.82, 2.24) is 20.1 Å². The average molecular weight is 470 g/mol. The lowest BCUT2D eigenvalue weighted by molar-refractivity contribution is 0.102. The summed E-state index contributed by atoms with van der Waals surface area (Å²) in [6, 6.07) is 15.2. The minimum Gasteiger partial charge on any atom is -0.467 e. The van der Waals surface area contributed by atoms with E-state index in [0.717, 1.165) is 0 Å². The van der Waals surface area contributed by atoms with E-state index in [4.69, 9.17) is 8.83 Å². The van der Waals surface area contributed by atoms with Gasteiger partial charge in [-0.25, -0.2) is 9.78 Å². The van der Waals surface area contributed by atoms with Crippen LogP contribution in [0.4, 0.5) is 16.2 Å². The summed E-state index contributed by atoms with van der Waals surface area (Å²) in [5.74, 6) is 0.904. The first-order chi connectivity index (χ1) is 17.0. The van der Waals surface area contributed by atoms with Crippen molar-refractivity contribution in [3.05, 3.63) is 84.1 Å². The Hall–Kier alpha value is -4.86. The number of benzene rings is 1. The number of hydrogen-bond acceptors (Lipinski definition) is 6. The van der Waals surface area contributed by atoms with Crippen LogP contribution < -0.4 is 16.0 Å². The average Bonchev–Trinajstić information content (AvgIpc) is 3.61. The number of aryl methyl sites for hydroxylation is 2. The van der Waals surface area contributed by atoms with Crippen LogP contribution >= 0.6 is 0 Å². The SMILES string of the molecule is Cc1nn(C)c2nc(-c3ccco3)cc(C(=O)Nc3ccc(NC(=O)NCc4ccco4)cc3)c12. The summed E-state index contributed by atoms with van der Waals surface area (Å²) in [5.41, 5.74) is 3.41. The maximum Gasteiger partial charge on any atom is 0.319 e. The van der Waals surface area contributed by atoms with E-state index in [2.05, 4.69) is 26.0 Å². The molecule has 1 aromatic carbocycles. The van der Waals surface area contributed by atoms with Gasteiger partial charge in [-0.2, -0.15) is 5.10 Å². The van der Waals surface area contributed by atoms with Crippen molar-refractivity contribution in [1.29, 1.82) is 0 Å². The number of hydrogen-bond donors (Lipinski definition) is 3. The molecule has 0 aliphatic heterocycles. The number of carbonyl (C=O) groups excluding carboxylic acids is 2. The third-order valence-electron chi connectivity index (χ3n) is 5.39. The Labute approximate surface area is 199 Å². The summed E-state index contributed by atoms with van der Waals surface area (Å²) >= 11 is 0. The van der Waals surface area contributed by atoms with Crippen LogP contribution in [0.1, 0.15) is 21.8 Å². The lowest BCUT2D eigenvalue weighted by atomic mass is 10.1. The number of rotatable bonds is 6. The molecule has 0 spiro atoms. The van der Waals surface area contributed by atoms with Gasteiger partial charge in [0.05, 0.1) is 35.7 Å². The third-order valence-corrected chi connectivity index (χ3v) is 5.39. The van der Waals surface area contributed by atoms with Gasteiger partial charge in [0.1, 0.15) is 11.5 Å². The van der Waals surface area contributed by atoms with Crippen molar-refractivity contribution < 1.29 is 18.4 Å². The van der Waals surface area contributed by atoms with E-state index in [1.165, 1.54) is 0 Å². The Bertz CT molecular complexity index is 1490. The molecule has 5 rings (SSSR count). The highest BCUT2D eigenvalue weighted by molar-refractivity contribution is 6.13. The normalized spacial score (nSPS) is 10.9. The summed E-state index contributed by atoms with van der Waals surface area (Å²) in [5, 5.41) is 13.5. The Morgan fingerprint density at radius 1 is 0.971 bits per heavy atom. The van der Waals surface area contributed by atoms with Crippen molar-refractivity contribution >= 4 is 34.3 Å². The topological polar surface area (TPSA) is 127 Å². The fourth-order valence-corrected chi connectivity index (χ4v) is 3.77. The molecule has 0 saturated carbocycles. The lowest BCUT2D eigenvalue weighted by Crippen LogP contribution is -2.27. The van der Waals surface area contributed by atoms with Crippen LogP contribution in [-0.4, -0.2) is 26.7 Å². The highest BCUT2D eigenvalue weighted by Crippen LogP contribution is 2.28. The molecule has 4 heterocycles. The number of fused-ring (bicyclic) bond motifs is 1. The molecule has 176 valence electrons. The van der Waals surface area contributed by atoms with Gasteiger partial charge < -0.3 is 24.8 Å². The van der Waals surface area contributed by atoms with Crippen LogP contribution in [0.25, 0.3) is 22.5 Å². The molecule has 10 nitrogen and oxygen atoms in total. The molecule has 0 aliphatic rings. The lowest BCUT2D eigenvalue weighted by Gasteiger charge is -2.10. The number of pyridine rings is 1. The zero-order valence-corrected chi connectivity index (χ0v) is 19.0. The van der Waals surface area contributed by atoms with Gasteiger partial charge in [-0.1, -0.05) is 0 Å². The summed E-state index contributed by atoms with van der Waals surface area (Å²) in [7, 11) is 1.78. The molecule has 0 atom stereocenters. The molecule has 3 amide bonds. The summed E-state index contributed by atoms with van der Waals surface area (Å²) < 4.78 is 12.3. The molecule has 4 aromatic heterocycles. The van der Waals surface area contributed by atoms with Gasteiger partial charge in [0.15, 0.2) is 11.4 Å². The van der Waals surface area contributed by atoms with Crippen LogP contribution in [0.5, 0.6) is 0 Å². The fraction of sp³-hybridized carbons (Fsp3) is 0.120. The zero-order chi connectivity index (χ0) is 24.4. The van der Waals surface area contributed by atoms with Crippen molar-refractivity contribution in [3.63, 3.8) is 0 Å². The second kappa shape index (κ2) is 9.18. The number of amides is 3. The van der Waals surface area contributed by atoms with Crippen LogP contribution in [0.15, 0.2) is 76.0 Å². The molecule has 0 aliphatic carbocycles. The maximum atomic E-state index is 13.3. The minimum atomic E-state index is -0.366. The number of aromatic nitrogens is 3. The smallest absolute Gasteiger partial charge is 0.319 e. The number of anilines is 2. The first-order valence-corrected chi connectivity index (χ1v) is 10.8. The standard InChI is InChI=1S/C25H22N6O4/c1-15-22-19(13-20(21-6-4-12-35-21)29-23(22)31(2)30-15)24(32)27-16-7-9-17(10-8-16)28-25(33)26-14-18-5-3-11-34-18/h3-13H,14H2,1-2H3,(H,27,32)(H2,26,28,33). The van der Waals surface area contributed by atoms with Gasteiger partial charge in [0, 0.05) is 18.4 Å². The molecule has 0 unspecified atom stereocenters. The summed E-state index contributed by atoms with van der Waals surface area (Å²) in [6.45, 7) is 2.12. The van der Waals surface area contributed by atoms with E-state index in [-0.39, 0.29) is 18.5 Å². The number of nitrogens with zero attached hydrogens (tertiary/aromatic N) is 3. The Morgan fingerprint density at radius 2 is 1.69 bits per heavy atom. The highest BCUT2D eigenvalue weighted by Gasteiger charge is 2.20. The Morgan fingerprint density at radius 3 is 2.37 bits per heavy atom. The van der Waals surface area contributed by atoms with E-state index in [1.807, 2.05) is 6.92 Å². The molecule has 10 heteroatoms. The molecular formula is C25H22N6O4. The molecule has 0 bridgehead atoms. The van der Waals surface area contributed by atoms with Crippen LogP contribution in [0.2, 0.25) is 0 Å². The van der Waals surface area contributed by atoms with Crippen LogP contribution in [0, 0.1) is 6.92 Å². The molecule has 5 aromatic rings.